The van der Waals surface area contributed by atoms with Crippen molar-refractivity contribution in [3.05, 3.63) is 30.1 Å². The topological polar surface area (TPSA) is 78.3 Å². The van der Waals surface area contributed by atoms with Gasteiger partial charge in [0.1, 0.15) is 0 Å². The molecule has 0 unspecified atom stereocenters. The predicted octanol–water partition coefficient (Wildman–Crippen LogP) is 1.61. The van der Waals surface area contributed by atoms with Crippen LogP contribution in [0.15, 0.2) is 24.5 Å². The van der Waals surface area contributed by atoms with Crippen molar-refractivity contribution in [2.45, 2.75) is 12.7 Å². The molecule has 9 heteroatoms. The Kier molecular flexibility index (Phi) is 3.71. The summed E-state index contributed by atoms with van der Waals surface area (Å²) >= 11 is 0. The van der Waals surface area contributed by atoms with Gasteiger partial charge in [-0.15, -0.1) is 0 Å². The quantitative estimate of drug-likeness (QED) is 0.802. The second-order valence-corrected chi connectivity index (χ2v) is 5.55. The lowest BCUT2D eigenvalue weighted by Gasteiger charge is -2.06. The molecule has 0 saturated carbocycles. The molecule has 0 spiro atoms. The van der Waals surface area contributed by atoms with E-state index in [0.29, 0.717) is 3.97 Å². The molecule has 0 radical (unpaired) electrons. The summed E-state index contributed by atoms with van der Waals surface area (Å²) < 4.78 is 53.2. The van der Waals surface area contributed by atoms with Gasteiger partial charge in [0.2, 0.25) is 0 Å². The minimum Gasteiger partial charge on any atom is -0.462 e. The van der Waals surface area contributed by atoms with Crippen molar-refractivity contribution in [1.82, 2.24) is 8.96 Å². The number of hydrogen-bond acceptors (Lipinski definition) is 5. The van der Waals surface area contributed by atoms with Gasteiger partial charge in [-0.05, 0) is 19.1 Å². The first-order chi connectivity index (χ1) is 9.37. The zero-order valence-electron chi connectivity index (χ0n) is 10.3. The number of halogens is 2. The first-order valence-corrected chi connectivity index (χ1v) is 7.05. The van der Waals surface area contributed by atoms with E-state index in [-0.39, 0.29) is 23.2 Å². The van der Waals surface area contributed by atoms with Crippen molar-refractivity contribution in [3.63, 3.8) is 0 Å². The number of nitrogens with zero attached hydrogens (tertiary/aromatic N) is 2. The highest BCUT2D eigenvalue weighted by Crippen LogP contribution is 2.20. The Balaban J connectivity index is 2.59. The van der Waals surface area contributed by atoms with Crippen molar-refractivity contribution >= 4 is 27.0 Å². The highest BCUT2D eigenvalue weighted by molar-refractivity contribution is 7.90. The number of aromatic nitrogens is 2. The highest BCUT2D eigenvalue weighted by atomic mass is 32.2. The molecule has 0 atom stereocenters. The van der Waals surface area contributed by atoms with Gasteiger partial charge in [0, 0.05) is 12.4 Å². The molecule has 0 aliphatic rings. The molecule has 2 rings (SSSR count). The van der Waals surface area contributed by atoms with E-state index in [2.05, 4.69) is 4.98 Å². The summed E-state index contributed by atoms with van der Waals surface area (Å²) in [6.45, 7) is 1.74. The number of pyridine rings is 1. The first kappa shape index (κ1) is 14.4. The first-order valence-electron chi connectivity index (χ1n) is 5.54. The van der Waals surface area contributed by atoms with Crippen LogP contribution in [0.5, 0.6) is 0 Å². The van der Waals surface area contributed by atoms with Gasteiger partial charge >= 0.3 is 21.8 Å². The van der Waals surface area contributed by atoms with Crippen LogP contribution >= 0.6 is 0 Å². The van der Waals surface area contributed by atoms with Crippen molar-refractivity contribution < 1.29 is 26.7 Å². The van der Waals surface area contributed by atoms with Gasteiger partial charge < -0.3 is 4.74 Å². The van der Waals surface area contributed by atoms with Crippen molar-refractivity contribution in [2.75, 3.05) is 6.61 Å². The van der Waals surface area contributed by atoms with E-state index in [1.54, 1.807) is 6.92 Å². The average Bonchev–Trinajstić information content (AvgIpc) is 2.82. The number of fused-ring (bicyclic) bond motifs is 1. The summed E-state index contributed by atoms with van der Waals surface area (Å²) in [6.07, 6.45) is 2.16. The fourth-order valence-corrected chi connectivity index (χ4v) is 2.44. The molecular weight excluding hydrogens is 294 g/mol. The van der Waals surface area contributed by atoms with Crippen LogP contribution in [-0.2, 0) is 14.8 Å². The Morgan fingerprint density at radius 1 is 1.50 bits per heavy atom. The van der Waals surface area contributed by atoms with Gasteiger partial charge in [0.05, 0.1) is 23.2 Å². The minimum atomic E-state index is -4.82. The Morgan fingerprint density at radius 3 is 2.80 bits per heavy atom. The molecule has 0 aromatic carbocycles. The molecule has 2 aromatic heterocycles. The predicted molar refractivity (Wildman–Crippen MR) is 66.0 cm³/mol. The number of hydrogen-bond donors (Lipinski definition) is 0. The number of ether oxygens (including phenoxy) is 1. The Morgan fingerprint density at radius 2 is 2.20 bits per heavy atom. The summed E-state index contributed by atoms with van der Waals surface area (Å²) in [6, 6.07) is 2.42. The van der Waals surface area contributed by atoms with Crippen LogP contribution in [0.3, 0.4) is 0 Å². The van der Waals surface area contributed by atoms with Gasteiger partial charge in [-0.25, -0.2) is 8.77 Å². The fraction of sp³-hybridized carbons (Fsp3) is 0.273. The van der Waals surface area contributed by atoms with Crippen LogP contribution in [0, 0.1) is 0 Å². The van der Waals surface area contributed by atoms with Crippen molar-refractivity contribution in [3.8, 4) is 0 Å². The second kappa shape index (κ2) is 5.16. The lowest BCUT2D eigenvalue weighted by Crippen LogP contribution is -2.19. The Hall–Kier alpha value is -2.03. The van der Waals surface area contributed by atoms with Crippen LogP contribution in [0.2, 0.25) is 0 Å². The molecule has 0 aliphatic carbocycles. The maximum absolute atomic E-state index is 12.6. The van der Waals surface area contributed by atoms with E-state index in [1.807, 2.05) is 0 Å². The molecule has 20 heavy (non-hydrogen) atoms. The maximum Gasteiger partial charge on any atom is 0.355 e. The molecular formula is C11H10F2N2O4S. The van der Waals surface area contributed by atoms with Crippen LogP contribution in [0.4, 0.5) is 8.78 Å². The monoisotopic (exact) mass is 304 g/mol. The summed E-state index contributed by atoms with van der Waals surface area (Å²) in [5, 5.41) is 0. The summed E-state index contributed by atoms with van der Waals surface area (Å²) in [5.74, 6) is -4.27. The molecule has 108 valence electrons. The van der Waals surface area contributed by atoms with Gasteiger partial charge in [-0.1, -0.05) is 0 Å². The Labute approximate surface area is 113 Å². The molecule has 0 saturated heterocycles. The van der Waals surface area contributed by atoms with Crippen molar-refractivity contribution in [1.29, 1.82) is 0 Å². The van der Waals surface area contributed by atoms with E-state index in [0.717, 1.165) is 12.3 Å². The SMILES string of the molecule is CCOC(=O)c1cnc2ccn(S(=O)(=O)C(F)F)c2c1. The third kappa shape index (κ3) is 2.36. The number of rotatable bonds is 4. The van der Waals surface area contributed by atoms with Crippen LogP contribution in [0.1, 0.15) is 17.3 Å². The smallest absolute Gasteiger partial charge is 0.355 e. The molecule has 6 nitrogen and oxygen atoms in total. The maximum atomic E-state index is 12.6. The van der Waals surface area contributed by atoms with E-state index in [9.17, 15) is 22.0 Å². The minimum absolute atomic E-state index is 0.0104. The number of alkyl halides is 2. The average molecular weight is 304 g/mol. The lowest BCUT2D eigenvalue weighted by molar-refractivity contribution is 0.0526. The van der Waals surface area contributed by atoms with E-state index < -0.39 is 21.8 Å². The van der Waals surface area contributed by atoms with E-state index in [4.69, 9.17) is 4.74 Å². The number of carbonyl (C=O) groups is 1. The molecule has 0 fully saturated rings. The van der Waals surface area contributed by atoms with Crippen LogP contribution < -0.4 is 0 Å². The van der Waals surface area contributed by atoms with Crippen molar-refractivity contribution in [2.24, 2.45) is 0 Å². The van der Waals surface area contributed by atoms with Gasteiger partial charge in [-0.3, -0.25) is 4.98 Å². The molecule has 0 amide bonds. The zero-order chi connectivity index (χ0) is 14.9. The summed E-state index contributed by atoms with van der Waals surface area (Å²) in [7, 11) is -4.82. The molecule has 2 aromatic rings. The normalized spacial score (nSPS) is 12.0. The second-order valence-electron chi connectivity index (χ2n) is 3.77. The van der Waals surface area contributed by atoms with E-state index in [1.165, 1.54) is 12.3 Å². The zero-order valence-corrected chi connectivity index (χ0v) is 11.1. The summed E-state index contributed by atoms with van der Waals surface area (Å²) in [4.78, 5) is 15.4. The molecule has 0 N–H and O–H groups in total. The third-order valence-electron chi connectivity index (χ3n) is 2.51. The van der Waals surface area contributed by atoms with Crippen LogP contribution in [0.25, 0.3) is 11.0 Å². The van der Waals surface area contributed by atoms with Gasteiger partial charge in [0.25, 0.3) is 0 Å². The molecule has 0 bridgehead atoms. The fourth-order valence-electron chi connectivity index (χ4n) is 1.62. The standard InChI is InChI=1S/C11H10F2N2O4S/c1-2-19-10(16)7-5-9-8(14-6-7)3-4-15(9)20(17,18)11(12)13/h3-6,11H,2H2,1H3. The van der Waals surface area contributed by atoms with Gasteiger partial charge in [0.15, 0.2) is 0 Å². The van der Waals surface area contributed by atoms with Gasteiger partial charge in [-0.2, -0.15) is 17.2 Å². The molecule has 2 heterocycles. The van der Waals surface area contributed by atoms with E-state index >= 15 is 0 Å². The van der Waals surface area contributed by atoms with Crippen LogP contribution in [-0.4, -0.2) is 35.7 Å². The number of esters is 1. The largest absolute Gasteiger partial charge is 0.462 e. The third-order valence-corrected chi connectivity index (χ3v) is 3.83. The lowest BCUT2D eigenvalue weighted by atomic mass is 10.2. The molecule has 0 aliphatic heterocycles. The summed E-state index contributed by atoms with van der Waals surface area (Å²) in [5.41, 5.74) is 0.0712. The number of carbonyl (C=O) groups excluding carboxylic acids is 1. The Bertz CT molecular complexity index is 755. The highest BCUT2D eigenvalue weighted by Gasteiger charge is 2.27.